The Kier molecular flexibility index (Phi) is 4.83. The number of hydrogen-bond donors (Lipinski definition) is 1. The van der Waals surface area contributed by atoms with Crippen molar-refractivity contribution in [2.45, 2.75) is 6.92 Å². The summed E-state index contributed by atoms with van der Waals surface area (Å²) in [7, 11) is 0. The summed E-state index contributed by atoms with van der Waals surface area (Å²) >= 11 is 7.49. The van der Waals surface area contributed by atoms with Crippen LogP contribution in [0, 0.1) is 0 Å². The molecule has 0 aliphatic carbocycles. The van der Waals surface area contributed by atoms with Crippen molar-refractivity contribution in [3.8, 4) is 0 Å². The minimum atomic E-state index is -1.09. The lowest BCUT2D eigenvalue weighted by molar-refractivity contribution is -0.129. The number of nitrogens with zero attached hydrogens (tertiary/aromatic N) is 3. The molecule has 5 nitrogen and oxygen atoms in total. The van der Waals surface area contributed by atoms with E-state index < -0.39 is 5.97 Å². The maximum Gasteiger partial charge on any atom is 0.351 e. The molecule has 3 rings (SSSR count). The second-order valence-corrected chi connectivity index (χ2v) is 6.48. The Morgan fingerprint density at radius 3 is 2.60 bits per heavy atom. The Labute approximate surface area is 153 Å². The van der Waals surface area contributed by atoms with Gasteiger partial charge in [0, 0.05) is 21.5 Å². The minimum absolute atomic E-state index is 0.0487. The predicted octanol–water partition coefficient (Wildman–Crippen LogP) is 4.48. The summed E-state index contributed by atoms with van der Waals surface area (Å²) in [5.41, 5.74) is 3.17. The van der Waals surface area contributed by atoms with Crippen LogP contribution in [0.1, 0.15) is 18.1 Å². The molecule has 126 valence electrons. The summed E-state index contributed by atoms with van der Waals surface area (Å²) < 4.78 is 0. The maximum absolute atomic E-state index is 11.1. The van der Waals surface area contributed by atoms with Gasteiger partial charge in [-0.3, -0.25) is 0 Å². The summed E-state index contributed by atoms with van der Waals surface area (Å²) in [5, 5.41) is 19.3. The van der Waals surface area contributed by atoms with Gasteiger partial charge >= 0.3 is 5.97 Å². The van der Waals surface area contributed by atoms with Gasteiger partial charge in [-0.05, 0) is 36.6 Å². The van der Waals surface area contributed by atoms with Gasteiger partial charge in [0.1, 0.15) is 11.5 Å². The third kappa shape index (κ3) is 3.70. The van der Waals surface area contributed by atoms with E-state index in [2.05, 4.69) is 16.7 Å². The number of halogens is 1. The molecule has 7 heteroatoms. The van der Waals surface area contributed by atoms with E-state index in [1.54, 1.807) is 23.5 Å². The van der Waals surface area contributed by atoms with Crippen molar-refractivity contribution < 1.29 is 9.90 Å². The molecule has 1 N–H and O–H groups in total. The Morgan fingerprint density at radius 1 is 1.28 bits per heavy atom. The summed E-state index contributed by atoms with van der Waals surface area (Å²) in [6.07, 6.45) is 1.86. The Morgan fingerprint density at radius 2 is 2.00 bits per heavy atom. The van der Waals surface area contributed by atoms with Gasteiger partial charge in [0.25, 0.3) is 0 Å². The average Bonchev–Trinajstić information content (AvgIpc) is 3.11. The Bertz CT molecular complexity index is 912. The lowest BCUT2D eigenvalue weighted by Gasteiger charge is -2.26. The zero-order valence-corrected chi connectivity index (χ0v) is 14.9. The monoisotopic (exact) mass is 371 g/mol. The molecule has 0 bridgehead atoms. The van der Waals surface area contributed by atoms with Crippen LogP contribution in [0.2, 0.25) is 5.02 Å². The highest BCUT2D eigenvalue weighted by Crippen LogP contribution is 2.30. The molecule has 25 heavy (non-hydrogen) atoms. The predicted molar refractivity (Wildman–Crippen MR) is 102 cm³/mol. The van der Waals surface area contributed by atoms with Gasteiger partial charge in [-0.1, -0.05) is 30.3 Å². The molecule has 0 atom stereocenters. The molecular weight excluding hydrogens is 358 g/mol. The van der Waals surface area contributed by atoms with Crippen molar-refractivity contribution in [2.24, 2.45) is 10.1 Å². The van der Waals surface area contributed by atoms with Crippen molar-refractivity contribution in [3.63, 3.8) is 0 Å². The lowest BCUT2D eigenvalue weighted by atomic mass is 10.1. The first-order valence-corrected chi connectivity index (χ1v) is 8.64. The molecule has 1 aliphatic rings. The first-order chi connectivity index (χ1) is 12.0. The second-order valence-electron chi connectivity index (χ2n) is 5.26. The largest absolute Gasteiger partial charge is 0.477 e. The molecule has 0 saturated heterocycles. The smallest absolute Gasteiger partial charge is 0.351 e. The van der Waals surface area contributed by atoms with Crippen LogP contribution in [-0.4, -0.2) is 27.5 Å². The van der Waals surface area contributed by atoms with Crippen LogP contribution in [0.5, 0.6) is 0 Å². The summed E-state index contributed by atoms with van der Waals surface area (Å²) in [6, 6.07) is 9.27. The SMILES string of the molecule is C=C1N=C(c2ccc(Cl)cc2)C=C(c2ccsc2)N1/N=C(\C)C(=O)O. The molecule has 1 aliphatic heterocycles. The third-order valence-electron chi connectivity index (χ3n) is 3.51. The van der Waals surface area contributed by atoms with E-state index in [0.29, 0.717) is 22.3 Å². The number of allylic oxidation sites excluding steroid dienone is 1. The number of aliphatic carboxylic acids is 1. The first kappa shape index (κ1) is 17.1. The molecule has 2 aromatic rings. The topological polar surface area (TPSA) is 65.3 Å². The Balaban J connectivity index is 2.08. The molecule has 2 heterocycles. The molecule has 0 spiro atoms. The van der Waals surface area contributed by atoms with Gasteiger partial charge in [0.2, 0.25) is 0 Å². The molecule has 0 saturated carbocycles. The van der Waals surface area contributed by atoms with Crippen LogP contribution >= 0.6 is 22.9 Å². The molecule has 0 fully saturated rings. The van der Waals surface area contributed by atoms with Crippen molar-refractivity contribution in [3.05, 3.63) is 75.7 Å². The summed E-state index contributed by atoms with van der Waals surface area (Å²) in [6.45, 7) is 5.37. The lowest BCUT2D eigenvalue weighted by Crippen LogP contribution is -2.23. The number of thiophene rings is 1. The second kappa shape index (κ2) is 7.04. The zero-order valence-electron chi connectivity index (χ0n) is 13.3. The van der Waals surface area contributed by atoms with Crippen LogP contribution in [0.3, 0.4) is 0 Å². The van der Waals surface area contributed by atoms with Gasteiger partial charge in [0.05, 0.1) is 11.4 Å². The molecule has 0 amide bonds. The molecule has 1 aromatic carbocycles. The number of aliphatic imine (C=N–C) groups is 1. The average molecular weight is 372 g/mol. The molecule has 1 aromatic heterocycles. The van der Waals surface area contributed by atoms with Gasteiger partial charge in [-0.25, -0.2) is 14.8 Å². The number of rotatable bonds is 4. The number of benzene rings is 1. The molecule has 0 radical (unpaired) electrons. The van der Waals surface area contributed by atoms with E-state index in [1.807, 2.05) is 35.0 Å². The fraction of sp³-hybridized carbons (Fsp3) is 0.0556. The molecule has 0 unspecified atom stereocenters. The van der Waals surface area contributed by atoms with E-state index in [1.165, 1.54) is 11.9 Å². The van der Waals surface area contributed by atoms with Crippen LogP contribution in [0.4, 0.5) is 0 Å². The maximum atomic E-state index is 11.1. The number of hydrogen-bond acceptors (Lipinski definition) is 5. The quantitative estimate of drug-likeness (QED) is 0.806. The fourth-order valence-corrected chi connectivity index (χ4v) is 3.01. The van der Waals surface area contributed by atoms with Gasteiger partial charge in [0.15, 0.2) is 0 Å². The van der Waals surface area contributed by atoms with E-state index in [4.69, 9.17) is 16.7 Å². The third-order valence-corrected chi connectivity index (χ3v) is 4.45. The number of carbonyl (C=O) groups is 1. The summed E-state index contributed by atoms with van der Waals surface area (Å²) in [4.78, 5) is 15.6. The van der Waals surface area contributed by atoms with Crippen molar-refractivity contribution in [1.29, 1.82) is 0 Å². The van der Waals surface area contributed by atoms with E-state index >= 15 is 0 Å². The van der Waals surface area contributed by atoms with Crippen molar-refractivity contribution in [2.75, 3.05) is 0 Å². The number of carboxylic acid groups (broad SMARTS) is 1. The number of carboxylic acids is 1. The van der Waals surface area contributed by atoms with Crippen LogP contribution in [0.15, 0.2) is 69.7 Å². The number of hydrazone groups is 1. The highest BCUT2D eigenvalue weighted by molar-refractivity contribution is 7.08. The highest BCUT2D eigenvalue weighted by Gasteiger charge is 2.22. The fourth-order valence-electron chi connectivity index (χ4n) is 2.24. The van der Waals surface area contributed by atoms with Crippen LogP contribution in [-0.2, 0) is 4.79 Å². The van der Waals surface area contributed by atoms with E-state index in [9.17, 15) is 4.79 Å². The first-order valence-electron chi connectivity index (χ1n) is 7.32. The van der Waals surface area contributed by atoms with Gasteiger partial charge in [-0.15, -0.1) is 0 Å². The van der Waals surface area contributed by atoms with Crippen LogP contribution in [0.25, 0.3) is 5.70 Å². The van der Waals surface area contributed by atoms with Crippen LogP contribution < -0.4 is 0 Å². The Hall–Kier alpha value is -2.70. The van der Waals surface area contributed by atoms with E-state index in [0.717, 1.165) is 11.1 Å². The van der Waals surface area contributed by atoms with Gasteiger partial charge in [-0.2, -0.15) is 16.4 Å². The normalized spacial score (nSPS) is 15.0. The standard InChI is InChI=1S/C18H14ClN3O2S/c1-11(18(23)24)21-22-12(2)20-16(13-3-5-15(19)6-4-13)9-17(22)14-7-8-25-10-14/h3-10H,2H2,1H3,(H,23,24)/b21-11+. The molecular formula is C18H14ClN3O2S. The zero-order chi connectivity index (χ0) is 18.0. The van der Waals surface area contributed by atoms with Crippen molar-refractivity contribution in [1.82, 2.24) is 5.01 Å². The minimum Gasteiger partial charge on any atom is -0.477 e. The summed E-state index contributed by atoms with van der Waals surface area (Å²) in [5.74, 6) is -0.751. The van der Waals surface area contributed by atoms with Crippen molar-refractivity contribution >= 4 is 46.0 Å². The highest BCUT2D eigenvalue weighted by atomic mass is 35.5. The van der Waals surface area contributed by atoms with E-state index in [-0.39, 0.29) is 5.71 Å². The van der Waals surface area contributed by atoms with Gasteiger partial charge < -0.3 is 5.11 Å².